The number of anilines is 1. The van der Waals surface area contributed by atoms with Crippen molar-refractivity contribution in [3.63, 3.8) is 0 Å². The molecule has 0 saturated heterocycles. The smallest absolute Gasteiger partial charge is 0.206 e. The molecule has 0 bridgehead atoms. The van der Waals surface area contributed by atoms with Gasteiger partial charge in [-0.05, 0) is 24.6 Å². The molecule has 0 atom stereocenters. The zero-order chi connectivity index (χ0) is 15.9. The van der Waals surface area contributed by atoms with Crippen molar-refractivity contribution in [2.24, 2.45) is 0 Å². The first-order valence-corrected chi connectivity index (χ1v) is 8.51. The number of nitrogens with one attached hydrogen (secondary N) is 1. The molecule has 0 aliphatic carbocycles. The molecule has 0 spiro atoms. The van der Waals surface area contributed by atoms with Crippen LogP contribution in [0, 0.1) is 5.82 Å². The van der Waals surface area contributed by atoms with Crippen molar-refractivity contribution in [3.05, 3.63) is 29.6 Å². The van der Waals surface area contributed by atoms with Gasteiger partial charge in [0.2, 0.25) is 5.13 Å². The predicted octanol–water partition coefficient (Wildman–Crippen LogP) is 3.48. The van der Waals surface area contributed by atoms with Gasteiger partial charge in [0.15, 0.2) is 21.7 Å². The summed E-state index contributed by atoms with van der Waals surface area (Å²) in [6, 6.07) is 4.19. The number of nitrogens with zero attached hydrogens (tertiary/aromatic N) is 2. The van der Waals surface area contributed by atoms with Gasteiger partial charge in [-0.25, -0.2) is 4.39 Å². The summed E-state index contributed by atoms with van der Waals surface area (Å²) >= 11 is 2.70. The number of benzene rings is 1. The second kappa shape index (κ2) is 8.09. The highest BCUT2D eigenvalue weighted by molar-refractivity contribution is 8.01. The van der Waals surface area contributed by atoms with Crippen molar-refractivity contribution in [3.8, 4) is 5.75 Å². The molecule has 0 aliphatic rings. The normalized spacial score (nSPS) is 10.5. The third-order valence-corrected chi connectivity index (χ3v) is 4.75. The lowest BCUT2D eigenvalue weighted by Crippen LogP contribution is -2.03. The van der Waals surface area contributed by atoms with Crippen molar-refractivity contribution in [2.75, 3.05) is 24.7 Å². The number of aromatic nitrogens is 2. The maximum atomic E-state index is 13.6. The number of Topliss-reactive ketones (excluding diaryl/α,β-unsaturated/α-hetero) is 1. The van der Waals surface area contributed by atoms with Crippen LogP contribution in [0.2, 0.25) is 0 Å². The average molecular weight is 341 g/mol. The Morgan fingerprint density at radius 3 is 2.95 bits per heavy atom. The van der Waals surface area contributed by atoms with E-state index < -0.39 is 5.82 Å². The molecule has 22 heavy (non-hydrogen) atoms. The summed E-state index contributed by atoms with van der Waals surface area (Å²) < 4.78 is 19.1. The van der Waals surface area contributed by atoms with Crippen LogP contribution in [0.25, 0.3) is 0 Å². The maximum absolute atomic E-state index is 13.6. The number of carbonyl (C=O) groups excluding carboxylic acids is 1. The molecule has 5 nitrogen and oxygen atoms in total. The molecular formula is C14H16FN3O2S2. The van der Waals surface area contributed by atoms with Crippen LogP contribution in [-0.4, -0.2) is 35.4 Å². The Morgan fingerprint density at radius 2 is 2.27 bits per heavy atom. The van der Waals surface area contributed by atoms with Gasteiger partial charge in [-0.1, -0.05) is 30.0 Å². The number of halogens is 1. The highest BCUT2D eigenvalue weighted by atomic mass is 32.2. The molecule has 8 heteroatoms. The summed E-state index contributed by atoms with van der Waals surface area (Å²) in [4.78, 5) is 12.1. The highest BCUT2D eigenvalue weighted by Gasteiger charge is 2.12. The van der Waals surface area contributed by atoms with Gasteiger partial charge in [0.25, 0.3) is 0 Å². The quantitative estimate of drug-likeness (QED) is 0.586. The first-order valence-electron chi connectivity index (χ1n) is 6.71. The number of thioether (sulfide) groups is 1. The Labute approximate surface area is 136 Å². The Balaban J connectivity index is 1.92. The van der Waals surface area contributed by atoms with Gasteiger partial charge in [-0.15, -0.1) is 10.2 Å². The molecule has 0 radical (unpaired) electrons. The first kappa shape index (κ1) is 16.7. The summed E-state index contributed by atoms with van der Waals surface area (Å²) in [7, 11) is 1.38. The van der Waals surface area contributed by atoms with Crippen LogP contribution in [0.15, 0.2) is 22.5 Å². The van der Waals surface area contributed by atoms with Crippen LogP contribution in [0.5, 0.6) is 5.75 Å². The van der Waals surface area contributed by atoms with Crippen LogP contribution >= 0.6 is 23.1 Å². The largest absolute Gasteiger partial charge is 0.494 e. The van der Waals surface area contributed by atoms with E-state index in [1.54, 1.807) is 6.07 Å². The van der Waals surface area contributed by atoms with Crippen molar-refractivity contribution in [1.29, 1.82) is 0 Å². The number of carbonyl (C=O) groups is 1. The minimum Gasteiger partial charge on any atom is -0.494 e. The van der Waals surface area contributed by atoms with E-state index in [4.69, 9.17) is 4.74 Å². The highest BCUT2D eigenvalue weighted by Crippen LogP contribution is 2.26. The zero-order valence-corrected chi connectivity index (χ0v) is 13.9. The van der Waals surface area contributed by atoms with E-state index in [1.807, 2.05) is 0 Å². The molecule has 118 valence electrons. The fraction of sp³-hybridized carbons (Fsp3) is 0.357. The van der Waals surface area contributed by atoms with Crippen molar-refractivity contribution >= 4 is 34.0 Å². The van der Waals surface area contributed by atoms with Crippen LogP contribution in [0.3, 0.4) is 0 Å². The number of rotatable bonds is 8. The van der Waals surface area contributed by atoms with Gasteiger partial charge < -0.3 is 10.1 Å². The molecule has 0 fully saturated rings. The van der Waals surface area contributed by atoms with E-state index in [2.05, 4.69) is 22.4 Å². The SMILES string of the molecule is CCCNc1nnc(SCC(=O)c2ccc(OC)c(F)c2)s1. The number of methoxy groups -OCH3 is 1. The van der Waals surface area contributed by atoms with E-state index in [9.17, 15) is 9.18 Å². The summed E-state index contributed by atoms with van der Waals surface area (Å²) in [5.41, 5.74) is 0.319. The predicted molar refractivity (Wildman–Crippen MR) is 86.7 cm³/mol. The summed E-state index contributed by atoms with van der Waals surface area (Å²) in [5.74, 6) is -0.390. The zero-order valence-electron chi connectivity index (χ0n) is 12.3. The van der Waals surface area contributed by atoms with E-state index in [0.29, 0.717) is 9.90 Å². The molecule has 0 aliphatic heterocycles. The average Bonchev–Trinajstić information content (AvgIpc) is 2.98. The second-order valence-electron chi connectivity index (χ2n) is 4.36. The van der Waals surface area contributed by atoms with Gasteiger partial charge in [-0.2, -0.15) is 0 Å². The van der Waals surface area contributed by atoms with Gasteiger partial charge in [0, 0.05) is 12.1 Å². The number of ketones is 1. The van der Waals surface area contributed by atoms with Crippen molar-refractivity contribution in [2.45, 2.75) is 17.7 Å². The third kappa shape index (κ3) is 4.41. The lowest BCUT2D eigenvalue weighted by atomic mass is 10.1. The van der Waals surface area contributed by atoms with Gasteiger partial charge in [0.05, 0.1) is 12.9 Å². The van der Waals surface area contributed by atoms with E-state index in [1.165, 1.54) is 42.3 Å². The van der Waals surface area contributed by atoms with Crippen LogP contribution in [0.1, 0.15) is 23.7 Å². The monoisotopic (exact) mass is 341 g/mol. The van der Waals surface area contributed by atoms with Gasteiger partial charge in [-0.3, -0.25) is 4.79 Å². The van der Waals surface area contributed by atoms with Crippen LogP contribution in [0.4, 0.5) is 9.52 Å². The Morgan fingerprint density at radius 1 is 1.45 bits per heavy atom. The maximum Gasteiger partial charge on any atom is 0.206 e. The second-order valence-corrected chi connectivity index (χ2v) is 6.56. The first-order chi connectivity index (χ1) is 10.6. The molecule has 0 unspecified atom stereocenters. The van der Waals surface area contributed by atoms with E-state index in [-0.39, 0.29) is 17.3 Å². The molecular weight excluding hydrogens is 325 g/mol. The van der Waals surface area contributed by atoms with Crippen molar-refractivity contribution in [1.82, 2.24) is 10.2 Å². The third-order valence-electron chi connectivity index (χ3n) is 2.73. The molecule has 2 rings (SSSR count). The lowest BCUT2D eigenvalue weighted by Gasteiger charge is -2.04. The lowest BCUT2D eigenvalue weighted by molar-refractivity contribution is 0.102. The number of ether oxygens (including phenoxy) is 1. The molecule has 1 aromatic heterocycles. The topological polar surface area (TPSA) is 64.1 Å². The van der Waals surface area contributed by atoms with Crippen LogP contribution in [-0.2, 0) is 0 Å². The minimum atomic E-state index is -0.541. The summed E-state index contributed by atoms with van der Waals surface area (Å²) in [6.07, 6.45) is 1.00. The Bertz CT molecular complexity index is 649. The standard InChI is InChI=1S/C14H16FN3O2S2/c1-3-6-16-13-17-18-14(22-13)21-8-11(19)9-4-5-12(20-2)10(15)7-9/h4-5,7H,3,6,8H2,1-2H3,(H,16,17). The molecule has 2 aromatic rings. The number of hydrogen-bond donors (Lipinski definition) is 1. The number of hydrogen-bond acceptors (Lipinski definition) is 7. The van der Waals surface area contributed by atoms with Gasteiger partial charge >= 0.3 is 0 Å². The molecule has 1 aromatic carbocycles. The van der Waals surface area contributed by atoms with Gasteiger partial charge in [0.1, 0.15) is 0 Å². The Kier molecular flexibility index (Phi) is 6.14. The van der Waals surface area contributed by atoms with E-state index in [0.717, 1.165) is 18.1 Å². The fourth-order valence-corrected chi connectivity index (χ4v) is 3.29. The molecule has 1 heterocycles. The Hall–Kier alpha value is -1.67. The summed E-state index contributed by atoms with van der Waals surface area (Å²) in [5, 5.41) is 11.9. The molecule has 0 saturated carbocycles. The fourth-order valence-electron chi connectivity index (χ4n) is 1.62. The van der Waals surface area contributed by atoms with E-state index >= 15 is 0 Å². The molecule has 0 amide bonds. The van der Waals surface area contributed by atoms with Crippen molar-refractivity contribution < 1.29 is 13.9 Å². The molecule has 1 N–H and O–H groups in total. The van der Waals surface area contributed by atoms with Crippen LogP contribution < -0.4 is 10.1 Å². The minimum absolute atomic E-state index is 0.125. The summed E-state index contributed by atoms with van der Waals surface area (Å²) in [6.45, 7) is 2.90.